The van der Waals surface area contributed by atoms with Gasteiger partial charge in [-0.1, -0.05) is 44.9 Å². The predicted molar refractivity (Wildman–Crippen MR) is 135 cm³/mol. The third kappa shape index (κ3) is 4.82. The summed E-state index contributed by atoms with van der Waals surface area (Å²) in [5.74, 6) is 7.53. The molecule has 6 nitrogen and oxygen atoms in total. The van der Waals surface area contributed by atoms with Crippen molar-refractivity contribution >= 4 is 22.3 Å². The Bertz CT molecular complexity index is 736. The summed E-state index contributed by atoms with van der Waals surface area (Å²) in [7, 11) is -0.0547. The smallest absolute Gasteiger partial charge is 0.233 e. The fourth-order valence-electron chi connectivity index (χ4n) is 7.97. The first-order chi connectivity index (χ1) is 15.9. The van der Waals surface area contributed by atoms with E-state index >= 15 is 0 Å². The summed E-state index contributed by atoms with van der Waals surface area (Å²) in [6.07, 6.45) is 14.0. The molecule has 33 heavy (non-hydrogen) atoms. The zero-order valence-electron chi connectivity index (χ0n) is 20.4. The summed E-state index contributed by atoms with van der Waals surface area (Å²) in [6, 6.07) is -0.195. The number of quaternary nitrogens is 1. The van der Waals surface area contributed by atoms with Crippen LogP contribution in [0.3, 0.4) is 0 Å². The molecule has 1 amide bonds. The van der Waals surface area contributed by atoms with Gasteiger partial charge in [0.25, 0.3) is 0 Å². The summed E-state index contributed by atoms with van der Waals surface area (Å²) >= 11 is 0. The van der Waals surface area contributed by atoms with Crippen LogP contribution in [0, 0.1) is 28.9 Å². The standard InChI is InChI=1S/C26H45N3O3S/c1-3-22(17-11-12-17)29(31,32)19-13-14-20-21(16-19)27-25(24(20)18-8-5-4-6-9-18)28-26(30)23-10-7-15-33(23)2/h17-25,27,31H,2-16H2,1H3,(H,28,30). The maximum atomic E-state index is 13.5. The lowest BCUT2D eigenvalue weighted by atomic mass is 9.68. The second-order valence-electron chi connectivity index (χ2n) is 11.7. The van der Waals surface area contributed by atoms with Gasteiger partial charge in [-0.3, -0.25) is 10.1 Å². The number of fused-ring (bicyclic) bond motifs is 1. The number of hydrogen-bond acceptors (Lipinski definition) is 4. The van der Waals surface area contributed by atoms with Crippen LogP contribution in [0.15, 0.2) is 0 Å². The van der Waals surface area contributed by atoms with Gasteiger partial charge in [0.15, 0.2) is 0 Å². The maximum Gasteiger partial charge on any atom is 0.233 e. The fourth-order valence-corrected chi connectivity index (χ4v) is 9.66. The zero-order valence-corrected chi connectivity index (χ0v) is 21.2. The molecule has 5 rings (SSSR count). The molecule has 0 aromatic rings. The van der Waals surface area contributed by atoms with Crippen LogP contribution in [0.2, 0.25) is 0 Å². The van der Waals surface area contributed by atoms with E-state index in [4.69, 9.17) is 0 Å². The molecule has 0 spiro atoms. The molecule has 3 saturated carbocycles. The molecular formula is C26H45N3O3S. The first kappa shape index (κ1) is 24.2. The predicted octanol–water partition coefficient (Wildman–Crippen LogP) is 4.52. The Balaban J connectivity index is 1.31. The zero-order chi connectivity index (χ0) is 23.2. The molecule has 2 heterocycles. The highest BCUT2D eigenvalue weighted by atomic mass is 32.2. The van der Waals surface area contributed by atoms with Crippen molar-refractivity contribution < 1.29 is 14.8 Å². The highest BCUT2D eigenvalue weighted by molar-refractivity contribution is 8.15. The molecule has 0 aromatic carbocycles. The van der Waals surface area contributed by atoms with E-state index in [1.807, 2.05) is 6.92 Å². The van der Waals surface area contributed by atoms with Crippen molar-refractivity contribution in [2.45, 2.75) is 120 Å². The average molecular weight is 480 g/mol. The van der Waals surface area contributed by atoms with Crippen LogP contribution in [-0.2, 0) is 4.79 Å². The lowest BCUT2D eigenvalue weighted by molar-refractivity contribution is -1.10. The van der Waals surface area contributed by atoms with E-state index in [2.05, 4.69) is 16.5 Å². The highest BCUT2D eigenvalue weighted by Crippen LogP contribution is 2.48. The summed E-state index contributed by atoms with van der Waals surface area (Å²) in [5, 5.41) is 31.9. The van der Waals surface area contributed by atoms with E-state index in [1.165, 1.54) is 32.1 Å². The van der Waals surface area contributed by atoms with Crippen molar-refractivity contribution in [2.75, 3.05) is 5.75 Å². The Kier molecular flexibility index (Phi) is 7.26. The van der Waals surface area contributed by atoms with Crippen LogP contribution in [0.5, 0.6) is 0 Å². The molecule has 3 aliphatic carbocycles. The molecule has 5 aliphatic rings. The number of rotatable bonds is 7. The van der Waals surface area contributed by atoms with Crippen LogP contribution in [0.1, 0.15) is 90.4 Å². The van der Waals surface area contributed by atoms with Gasteiger partial charge < -0.3 is 10.5 Å². The van der Waals surface area contributed by atoms with E-state index < -0.39 is 4.81 Å². The molecular weight excluding hydrogens is 434 g/mol. The monoisotopic (exact) mass is 479 g/mol. The van der Waals surface area contributed by atoms with Crippen molar-refractivity contribution in [2.24, 2.45) is 23.7 Å². The minimum atomic E-state index is -1.04. The van der Waals surface area contributed by atoms with Gasteiger partial charge in [-0.05, 0) is 55.6 Å². The number of nitrogens with one attached hydrogen (secondary N) is 2. The Morgan fingerprint density at radius 2 is 1.91 bits per heavy atom. The van der Waals surface area contributed by atoms with Gasteiger partial charge in [-0.25, -0.2) is 10.0 Å². The van der Waals surface area contributed by atoms with E-state index in [9.17, 15) is 15.2 Å². The normalized spacial score (nSPS) is 42.5. The maximum absolute atomic E-state index is 13.5. The number of hydroxylamine groups is 4. The SMILES string of the molecule is C=S1CCCC1C(=O)NC1NC2CC([N+]([O-])(O)C(CC)C3CC3)CCC2C1C1CCCCC1. The molecule has 188 valence electrons. The fraction of sp³-hybridized carbons (Fsp3) is 0.923. The Hall–Kier alpha value is -0.470. The molecule has 7 heteroatoms. The summed E-state index contributed by atoms with van der Waals surface area (Å²) in [6.45, 7) is 2.05. The second kappa shape index (κ2) is 9.88. The molecule has 9 unspecified atom stereocenters. The number of hydrogen-bond donors (Lipinski definition) is 3. The first-order valence-electron chi connectivity index (χ1n) is 13.8. The molecule has 0 bridgehead atoms. The lowest BCUT2D eigenvalue weighted by Crippen LogP contribution is -2.59. The van der Waals surface area contributed by atoms with Crippen molar-refractivity contribution in [3.8, 4) is 0 Å². The van der Waals surface area contributed by atoms with E-state index in [1.54, 1.807) is 0 Å². The van der Waals surface area contributed by atoms with E-state index in [0.29, 0.717) is 23.7 Å². The van der Waals surface area contributed by atoms with Gasteiger partial charge in [-0.15, -0.1) is 0 Å². The quantitative estimate of drug-likeness (QED) is 0.285. The van der Waals surface area contributed by atoms with E-state index in [-0.39, 0.29) is 45.9 Å². The van der Waals surface area contributed by atoms with Crippen LogP contribution in [0.25, 0.3) is 0 Å². The Morgan fingerprint density at radius 3 is 2.55 bits per heavy atom. The summed E-state index contributed by atoms with van der Waals surface area (Å²) in [4.78, 5) is 12.2. The van der Waals surface area contributed by atoms with Crippen LogP contribution in [0.4, 0.5) is 0 Å². The number of carbonyl (C=O) groups is 1. The lowest BCUT2D eigenvalue weighted by Gasteiger charge is -2.50. The number of amides is 1. The summed E-state index contributed by atoms with van der Waals surface area (Å²) in [5.41, 5.74) is 0. The topological polar surface area (TPSA) is 84.4 Å². The van der Waals surface area contributed by atoms with Gasteiger partial charge in [0.2, 0.25) is 5.91 Å². The van der Waals surface area contributed by atoms with Crippen molar-refractivity contribution in [1.82, 2.24) is 10.6 Å². The largest absolute Gasteiger partial charge is 0.598 e. The Labute approximate surface area is 202 Å². The van der Waals surface area contributed by atoms with E-state index in [0.717, 1.165) is 57.1 Å². The molecule has 2 saturated heterocycles. The molecule has 0 aromatic heterocycles. The molecule has 9 atom stereocenters. The third-order valence-electron chi connectivity index (χ3n) is 9.79. The van der Waals surface area contributed by atoms with Crippen molar-refractivity contribution in [3.05, 3.63) is 5.21 Å². The first-order valence-corrected chi connectivity index (χ1v) is 15.4. The molecule has 3 N–H and O–H groups in total. The molecule has 0 radical (unpaired) electrons. The summed E-state index contributed by atoms with van der Waals surface area (Å²) < 4.78 is 0. The van der Waals surface area contributed by atoms with Crippen LogP contribution >= 0.6 is 10.5 Å². The van der Waals surface area contributed by atoms with Gasteiger partial charge in [0.05, 0.1) is 11.4 Å². The number of carbonyl (C=O) groups excluding carboxylic acids is 1. The van der Waals surface area contributed by atoms with Crippen LogP contribution < -0.4 is 10.6 Å². The van der Waals surface area contributed by atoms with Crippen molar-refractivity contribution in [3.63, 3.8) is 0 Å². The minimum absolute atomic E-state index is 0.00426. The molecule has 5 fully saturated rings. The Morgan fingerprint density at radius 1 is 1.15 bits per heavy atom. The highest BCUT2D eigenvalue weighted by Gasteiger charge is 2.53. The van der Waals surface area contributed by atoms with Crippen molar-refractivity contribution in [1.29, 1.82) is 0 Å². The van der Waals surface area contributed by atoms with Gasteiger partial charge >= 0.3 is 0 Å². The van der Waals surface area contributed by atoms with Gasteiger partial charge in [0.1, 0.15) is 12.1 Å². The minimum Gasteiger partial charge on any atom is -0.598 e. The van der Waals surface area contributed by atoms with Gasteiger partial charge in [0, 0.05) is 31.2 Å². The second-order valence-corrected chi connectivity index (χ2v) is 13.8. The number of nitrogens with zero attached hydrogens (tertiary/aromatic N) is 1. The van der Waals surface area contributed by atoms with Crippen LogP contribution in [-0.4, -0.2) is 57.1 Å². The third-order valence-corrected chi connectivity index (χ3v) is 11.9. The average Bonchev–Trinajstić information content (AvgIpc) is 3.42. The molecule has 2 aliphatic heterocycles. The van der Waals surface area contributed by atoms with Gasteiger partial charge in [-0.2, -0.15) is 10.5 Å².